The van der Waals surface area contributed by atoms with Crippen molar-refractivity contribution in [1.29, 1.82) is 0 Å². The normalized spacial score (nSPS) is 20.1. The minimum atomic E-state index is 0.383. The molecule has 1 fully saturated rings. The van der Waals surface area contributed by atoms with Crippen LogP contribution in [0.1, 0.15) is 64.7 Å². The van der Waals surface area contributed by atoms with Crippen molar-refractivity contribution in [2.45, 2.75) is 64.7 Å². The lowest BCUT2D eigenvalue weighted by atomic mass is 10.1. The summed E-state index contributed by atoms with van der Waals surface area (Å²) < 4.78 is 0. The maximum absolute atomic E-state index is 11.0. The van der Waals surface area contributed by atoms with Crippen molar-refractivity contribution in [2.75, 3.05) is 0 Å². The zero-order valence-electron chi connectivity index (χ0n) is 9.85. The number of rotatable bonds is 5. The first-order chi connectivity index (χ1) is 7.33. The topological polar surface area (TPSA) is 17.1 Å². The number of ketones is 1. The van der Waals surface area contributed by atoms with Crippen LogP contribution in [0, 0.1) is 17.8 Å². The molecule has 0 spiro atoms. The molecule has 1 saturated carbocycles. The lowest BCUT2D eigenvalue weighted by Crippen LogP contribution is -1.90. The van der Waals surface area contributed by atoms with Gasteiger partial charge in [-0.05, 0) is 12.8 Å². The van der Waals surface area contributed by atoms with Crippen molar-refractivity contribution in [3.8, 4) is 11.8 Å². The monoisotopic (exact) mass is 206 g/mol. The van der Waals surface area contributed by atoms with Crippen molar-refractivity contribution in [1.82, 2.24) is 0 Å². The smallest absolute Gasteiger partial charge is 0.134 e. The molecule has 1 heteroatoms. The lowest BCUT2D eigenvalue weighted by molar-refractivity contribution is -0.117. The number of unbranched alkanes of at least 4 members (excludes halogenated alkanes) is 5. The molecular weight excluding hydrogens is 184 g/mol. The van der Waals surface area contributed by atoms with Gasteiger partial charge in [-0.1, -0.05) is 38.5 Å². The SMILES string of the molecule is CCCCCCCC#C[C@H]1CCC(=O)C1. The van der Waals surface area contributed by atoms with Gasteiger partial charge in [-0.2, -0.15) is 0 Å². The summed E-state index contributed by atoms with van der Waals surface area (Å²) in [5, 5.41) is 0. The molecule has 0 unspecified atom stereocenters. The first-order valence-corrected chi connectivity index (χ1v) is 6.33. The zero-order chi connectivity index (χ0) is 10.9. The second-order valence-electron chi connectivity index (χ2n) is 4.46. The van der Waals surface area contributed by atoms with Gasteiger partial charge in [0.05, 0.1) is 0 Å². The van der Waals surface area contributed by atoms with Crippen molar-refractivity contribution in [2.24, 2.45) is 5.92 Å². The van der Waals surface area contributed by atoms with Gasteiger partial charge in [0.2, 0.25) is 0 Å². The minimum absolute atomic E-state index is 0.383. The number of Topliss-reactive ketones (excluding diaryl/α,β-unsaturated/α-hetero) is 1. The molecule has 0 bridgehead atoms. The van der Waals surface area contributed by atoms with Crippen LogP contribution in [-0.2, 0) is 4.79 Å². The number of hydrogen-bond acceptors (Lipinski definition) is 1. The summed E-state index contributed by atoms with van der Waals surface area (Å²) >= 11 is 0. The third kappa shape index (κ3) is 5.62. The summed E-state index contributed by atoms with van der Waals surface area (Å²) in [5.41, 5.74) is 0. The Bertz CT molecular complexity index is 244. The molecule has 1 aliphatic carbocycles. The first kappa shape index (κ1) is 12.3. The van der Waals surface area contributed by atoms with Gasteiger partial charge in [-0.3, -0.25) is 4.79 Å². The Morgan fingerprint density at radius 3 is 2.73 bits per heavy atom. The average Bonchev–Trinajstić information content (AvgIpc) is 2.63. The summed E-state index contributed by atoms with van der Waals surface area (Å²) in [7, 11) is 0. The molecule has 0 saturated heterocycles. The van der Waals surface area contributed by atoms with E-state index in [1.54, 1.807) is 0 Å². The van der Waals surface area contributed by atoms with E-state index in [9.17, 15) is 4.79 Å². The number of carbonyl (C=O) groups excluding carboxylic acids is 1. The van der Waals surface area contributed by atoms with Crippen molar-refractivity contribution in [3.05, 3.63) is 0 Å². The van der Waals surface area contributed by atoms with Gasteiger partial charge in [-0.15, -0.1) is 5.92 Å². The maximum atomic E-state index is 11.0. The van der Waals surface area contributed by atoms with Crippen LogP contribution < -0.4 is 0 Å². The summed E-state index contributed by atoms with van der Waals surface area (Å²) in [6.07, 6.45) is 10.0. The maximum Gasteiger partial charge on any atom is 0.134 e. The van der Waals surface area contributed by atoms with E-state index in [2.05, 4.69) is 18.8 Å². The van der Waals surface area contributed by atoms with Crippen LogP contribution in [0.5, 0.6) is 0 Å². The van der Waals surface area contributed by atoms with E-state index in [4.69, 9.17) is 0 Å². The highest BCUT2D eigenvalue weighted by Gasteiger charge is 2.19. The summed E-state index contributed by atoms with van der Waals surface area (Å²) in [5.74, 6) is 7.24. The Balaban J connectivity index is 1.99. The highest BCUT2D eigenvalue weighted by molar-refractivity contribution is 5.81. The minimum Gasteiger partial charge on any atom is -0.300 e. The van der Waals surface area contributed by atoms with E-state index in [-0.39, 0.29) is 0 Å². The molecule has 0 radical (unpaired) electrons. The van der Waals surface area contributed by atoms with Crippen LogP contribution >= 0.6 is 0 Å². The summed E-state index contributed by atoms with van der Waals surface area (Å²) in [4.78, 5) is 11.0. The Hall–Kier alpha value is -0.770. The zero-order valence-corrected chi connectivity index (χ0v) is 9.85. The Morgan fingerprint density at radius 1 is 1.27 bits per heavy atom. The van der Waals surface area contributed by atoms with Gasteiger partial charge < -0.3 is 0 Å². The average molecular weight is 206 g/mol. The Labute approximate surface area is 93.6 Å². The fourth-order valence-corrected chi connectivity index (χ4v) is 1.97. The van der Waals surface area contributed by atoms with Crippen LogP contribution in [0.4, 0.5) is 0 Å². The standard InChI is InChI=1S/C14H22O/c1-2-3-4-5-6-7-8-9-13-10-11-14(15)12-13/h13H,2-7,10-12H2,1H3/t13-/m0/s1. The molecular formula is C14H22O. The summed E-state index contributed by atoms with van der Waals surface area (Å²) in [6, 6.07) is 0. The van der Waals surface area contributed by atoms with E-state index < -0.39 is 0 Å². The van der Waals surface area contributed by atoms with Gasteiger partial charge in [0, 0.05) is 25.2 Å². The third-order valence-electron chi connectivity index (χ3n) is 2.96. The second kappa shape index (κ2) is 7.51. The number of carbonyl (C=O) groups is 1. The fraction of sp³-hybridized carbons (Fsp3) is 0.786. The molecule has 1 rings (SSSR count). The first-order valence-electron chi connectivity index (χ1n) is 6.33. The predicted molar refractivity (Wildman–Crippen MR) is 63.5 cm³/mol. The van der Waals surface area contributed by atoms with Crippen LogP contribution in [0.25, 0.3) is 0 Å². The predicted octanol–water partition coefficient (Wildman–Crippen LogP) is 3.72. The molecule has 0 aliphatic heterocycles. The molecule has 1 nitrogen and oxygen atoms in total. The molecule has 0 aromatic rings. The lowest BCUT2D eigenvalue weighted by Gasteiger charge is -1.96. The van der Waals surface area contributed by atoms with Gasteiger partial charge in [-0.25, -0.2) is 0 Å². The van der Waals surface area contributed by atoms with E-state index in [0.29, 0.717) is 18.1 Å². The van der Waals surface area contributed by atoms with Crippen LogP contribution in [0.3, 0.4) is 0 Å². The molecule has 0 amide bonds. The molecule has 0 aromatic carbocycles. The molecule has 1 aliphatic rings. The molecule has 0 heterocycles. The second-order valence-corrected chi connectivity index (χ2v) is 4.46. The van der Waals surface area contributed by atoms with Crippen LogP contribution in [0.2, 0.25) is 0 Å². The van der Waals surface area contributed by atoms with Crippen molar-refractivity contribution in [3.63, 3.8) is 0 Å². The Morgan fingerprint density at radius 2 is 2.07 bits per heavy atom. The van der Waals surface area contributed by atoms with Gasteiger partial charge in [0.15, 0.2) is 0 Å². The number of hydrogen-bond donors (Lipinski definition) is 0. The van der Waals surface area contributed by atoms with E-state index in [1.165, 1.54) is 32.1 Å². The van der Waals surface area contributed by atoms with Crippen molar-refractivity contribution < 1.29 is 4.79 Å². The highest BCUT2D eigenvalue weighted by Crippen LogP contribution is 2.20. The van der Waals surface area contributed by atoms with Crippen LogP contribution in [-0.4, -0.2) is 5.78 Å². The van der Waals surface area contributed by atoms with Crippen molar-refractivity contribution >= 4 is 5.78 Å². The van der Waals surface area contributed by atoms with E-state index in [0.717, 1.165) is 19.3 Å². The van der Waals surface area contributed by atoms with E-state index >= 15 is 0 Å². The molecule has 1 atom stereocenters. The summed E-state index contributed by atoms with van der Waals surface area (Å²) in [6.45, 7) is 2.23. The van der Waals surface area contributed by atoms with Gasteiger partial charge in [0.25, 0.3) is 0 Å². The quantitative estimate of drug-likeness (QED) is 0.495. The highest BCUT2D eigenvalue weighted by atomic mass is 16.1. The van der Waals surface area contributed by atoms with Crippen LogP contribution in [0.15, 0.2) is 0 Å². The third-order valence-corrected chi connectivity index (χ3v) is 2.96. The molecule has 15 heavy (non-hydrogen) atoms. The van der Waals surface area contributed by atoms with E-state index in [1.807, 2.05) is 0 Å². The largest absolute Gasteiger partial charge is 0.300 e. The molecule has 0 N–H and O–H groups in total. The van der Waals surface area contributed by atoms with Gasteiger partial charge >= 0.3 is 0 Å². The fourth-order valence-electron chi connectivity index (χ4n) is 1.97. The van der Waals surface area contributed by atoms with Gasteiger partial charge in [0.1, 0.15) is 5.78 Å². The molecule has 0 aromatic heterocycles. The molecule has 84 valence electrons. The Kier molecular flexibility index (Phi) is 6.16.